The minimum Gasteiger partial charge on any atom is -0.379 e. The summed E-state index contributed by atoms with van der Waals surface area (Å²) in [6.07, 6.45) is 3.00. The molecule has 0 radical (unpaired) electrons. The van der Waals surface area contributed by atoms with Crippen LogP contribution in [0.15, 0.2) is 35.2 Å². The van der Waals surface area contributed by atoms with Gasteiger partial charge in [-0.2, -0.15) is 4.31 Å². The lowest BCUT2D eigenvalue weighted by Gasteiger charge is -2.26. The van der Waals surface area contributed by atoms with Gasteiger partial charge < -0.3 is 15.0 Å². The lowest BCUT2D eigenvalue weighted by Crippen LogP contribution is -2.49. The van der Waals surface area contributed by atoms with E-state index < -0.39 is 10.0 Å². The van der Waals surface area contributed by atoms with Gasteiger partial charge in [0.25, 0.3) is 0 Å². The number of nitrogens with zero attached hydrogens (tertiary/aromatic N) is 2. The number of ether oxygens (including phenoxy) is 1. The number of sulfonamides is 1. The number of carbonyl (C=O) groups is 2. The molecule has 1 aromatic rings. The van der Waals surface area contributed by atoms with Crippen molar-refractivity contribution < 1.29 is 22.7 Å². The summed E-state index contributed by atoms with van der Waals surface area (Å²) in [6, 6.07) is 6.37. The summed E-state index contributed by atoms with van der Waals surface area (Å²) in [6.45, 7) is 2.48. The second-order valence-corrected chi connectivity index (χ2v) is 7.97. The molecule has 26 heavy (non-hydrogen) atoms. The zero-order valence-electron chi connectivity index (χ0n) is 14.3. The third-order valence-electron chi connectivity index (χ3n) is 4.26. The first kappa shape index (κ1) is 18.6. The summed E-state index contributed by atoms with van der Waals surface area (Å²) in [5, 5.41) is 2.66. The smallest absolute Gasteiger partial charge is 0.247 e. The van der Waals surface area contributed by atoms with Gasteiger partial charge in [-0.25, -0.2) is 8.42 Å². The number of benzene rings is 1. The standard InChI is InChI=1S/C17H21N3O5S/c21-16-13-19(8-7-18-16)17(22)6-3-14-1-4-15(5-2-14)26(23,24)20-9-11-25-12-10-20/h1-6H,7-13H2,(H,18,21)/b6-3+. The molecule has 2 aliphatic rings. The zero-order valence-corrected chi connectivity index (χ0v) is 15.1. The highest BCUT2D eigenvalue weighted by Gasteiger charge is 2.26. The van der Waals surface area contributed by atoms with Crippen LogP contribution in [0.1, 0.15) is 5.56 Å². The number of hydrogen-bond donors (Lipinski definition) is 1. The maximum atomic E-state index is 12.6. The Balaban J connectivity index is 1.65. The first-order valence-corrected chi connectivity index (χ1v) is 9.82. The highest BCUT2D eigenvalue weighted by atomic mass is 32.2. The quantitative estimate of drug-likeness (QED) is 0.724. The fourth-order valence-corrected chi connectivity index (χ4v) is 4.19. The number of amides is 2. The number of carbonyl (C=O) groups excluding carboxylic acids is 2. The Kier molecular flexibility index (Phi) is 5.70. The predicted octanol–water partition coefficient (Wildman–Crippen LogP) is -0.321. The first-order chi connectivity index (χ1) is 12.5. The summed E-state index contributed by atoms with van der Waals surface area (Å²) in [5.74, 6) is -0.416. The molecule has 2 amide bonds. The van der Waals surface area contributed by atoms with Crippen LogP contribution in [-0.4, -0.2) is 75.4 Å². The summed E-state index contributed by atoms with van der Waals surface area (Å²) >= 11 is 0. The van der Waals surface area contributed by atoms with Crippen LogP contribution >= 0.6 is 0 Å². The number of rotatable bonds is 4. The van der Waals surface area contributed by atoms with Gasteiger partial charge in [0.2, 0.25) is 21.8 Å². The molecule has 0 atom stereocenters. The van der Waals surface area contributed by atoms with E-state index in [0.29, 0.717) is 45.0 Å². The molecular formula is C17H21N3O5S. The fraction of sp³-hybridized carbons (Fsp3) is 0.412. The highest BCUT2D eigenvalue weighted by Crippen LogP contribution is 2.18. The van der Waals surface area contributed by atoms with Crippen molar-refractivity contribution in [3.8, 4) is 0 Å². The van der Waals surface area contributed by atoms with E-state index in [1.54, 1.807) is 18.2 Å². The molecule has 2 heterocycles. The molecule has 0 aliphatic carbocycles. The Morgan fingerprint density at radius 3 is 2.46 bits per heavy atom. The van der Waals surface area contributed by atoms with Crippen molar-refractivity contribution in [3.05, 3.63) is 35.9 Å². The van der Waals surface area contributed by atoms with E-state index in [2.05, 4.69) is 5.32 Å². The van der Waals surface area contributed by atoms with Crippen molar-refractivity contribution in [2.24, 2.45) is 0 Å². The maximum absolute atomic E-state index is 12.6. The van der Waals surface area contributed by atoms with Crippen molar-refractivity contribution in [2.45, 2.75) is 4.90 Å². The Morgan fingerprint density at radius 1 is 1.12 bits per heavy atom. The number of nitrogens with one attached hydrogen (secondary N) is 1. The minimum absolute atomic E-state index is 0.0555. The van der Waals surface area contributed by atoms with Crippen molar-refractivity contribution >= 4 is 27.9 Å². The van der Waals surface area contributed by atoms with E-state index >= 15 is 0 Å². The molecular weight excluding hydrogens is 358 g/mol. The Morgan fingerprint density at radius 2 is 1.81 bits per heavy atom. The Labute approximate surface area is 152 Å². The van der Waals surface area contributed by atoms with Crippen LogP contribution in [-0.2, 0) is 24.3 Å². The van der Waals surface area contributed by atoms with Crippen LogP contribution in [0.25, 0.3) is 6.08 Å². The molecule has 3 rings (SSSR count). The van der Waals surface area contributed by atoms with Gasteiger partial charge in [0.05, 0.1) is 24.7 Å². The molecule has 1 aromatic carbocycles. The van der Waals surface area contributed by atoms with Crippen molar-refractivity contribution in [1.29, 1.82) is 0 Å². The Hall–Kier alpha value is -2.23. The lowest BCUT2D eigenvalue weighted by atomic mass is 10.2. The van der Waals surface area contributed by atoms with Crippen molar-refractivity contribution in [1.82, 2.24) is 14.5 Å². The van der Waals surface area contributed by atoms with Crippen LogP contribution in [0.2, 0.25) is 0 Å². The molecule has 2 saturated heterocycles. The topological polar surface area (TPSA) is 96.0 Å². The van der Waals surface area contributed by atoms with E-state index in [-0.39, 0.29) is 23.3 Å². The average Bonchev–Trinajstić information content (AvgIpc) is 2.67. The Bertz CT molecular complexity index is 798. The maximum Gasteiger partial charge on any atom is 0.247 e. The second-order valence-electron chi connectivity index (χ2n) is 6.03. The SMILES string of the molecule is O=C1CN(C(=O)/C=C/c2ccc(S(=O)(=O)N3CCOCC3)cc2)CCN1. The zero-order chi connectivity index (χ0) is 18.6. The van der Waals surface area contributed by atoms with Gasteiger partial charge >= 0.3 is 0 Å². The number of hydrogen-bond acceptors (Lipinski definition) is 5. The van der Waals surface area contributed by atoms with Gasteiger partial charge in [-0.05, 0) is 23.8 Å². The lowest BCUT2D eigenvalue weighted by molar-refractivity contribution is -0.134. The van der Waals surface area contributed by atoms with Gasteiger partial charge in [-0.3, -0.25) is 9.59 Å². The van der Waals surface area contributed by atoms with Crippen LogP contribution < -0.4 is 5.32 Å². The summed E-state index contributed by atoms with van der Waals surface area (Å²) in [5.41, 5.74) is 0.709. The van der Waals surface area contributed by atoms with Gasteiger partial charge in [-0.1, -0.05) is 12.1 Å². The average molecular weight is 379 g/mol. The van der Waals surface area contributed by atoms with E-state index in [0.717, 1.165) is 0 Å². The third-order valence-corrected chi connectivity index (χ3v) is 6.17. The summed E-state index contributed by atoms with van der Waals surface area (Å²) < 4.78 is 31.7. The molecule has 0 aromatic heterocycles. The van der Waals surface area contributed by atoms with Crippen LogP contribution in [0.5, 0.6) is 0 Å². The largest absolute Gasteiger partial charge is 0.379 e. The van der Waals surface area contributed by atoms with Crippen molar-refractivity contribution in [3.63, 3.8) is 0 Å². The van der Waals surface area contributed by atoms with Gasteiger partial charge in [-0.15, -0.1) is 0 Å². The van der Waals surface area contributed by atoms with Gasteiger partial charge in [0.1, 0.15) is 0 Å². The second kappa shape index (κ2) is 7.98. The van der Waals surface area contributed by atoms with E-state index in [9.17, 15) is 18.0 Å². The minimum atomic E-state index is -3.52. The van der Waals surface area contributed by atoms with E-state index in [1.807, 2.05) is 0 Å². The number of morpholine rings is 1. The molecule has 0 unspecified atom stereocenters. The highest BCUT2D eigenvalue weighted by molar-refractivity contribution is 7.89. The van der Waals surface area contributed by atoms with E-state index in [4.69, 9.17) is 4.74 Å². The molecule has 2 fully saturated rings. The molecule has 9 heteroatoms. The van der Waals surface area contributed by atoms with Crippen LogP contribution in [0.4, 0.5) is 0 Å². The molecule has 0 spiro atoms. The molecule has 0 saturated carbocycles. The molecule has 1 N–H and O–H groups in total. The third kappa shape index (κ3) is 4.29. The van der Waals surface area contributed by atoms with Gasteiger partial charge in [0, 0.05) is 32.3 Å². The normalized spacial score (nSPS) is 19.5. The van der Waals surface area contributed by atoms with Crippen LogP contribution in [0, 0.1) is 0 Å². The molecule has 2 aliphatic heterocycles. The van der Waals surface area contributed by atoms with Crippen molar-refractivity contribution in [2.75, 3.05) is 45.9 Å². The summed E-state index contributed by atoms with van der Waals surface area (Å²) in [7, 11) is -3.52. The molecule has 0 bridgehead atoms. The summed E-state index contributed by atoms with van der Waals surface area (Å²) in [4.78, 5) is 25.1. The van der Waals surface area contributed by atoms with Crippen LogP contribution in [0.3, 0.4) is 0 Å². The monoisotopic (exact) mass is 379 g/mol. The predicted molar refractivity (Wildman–Crippen MR) is 94.6 cm³/mol. The first-order valence-electron chi connectivity index (χ1n) is 8.38. The van der Waals surface area contributed by atoms with Gasteiger partial charge in [0.15, 0.2) is 0 Å². The number of piperazine rings is 1. The molecule has 8 nitrogen and oxygen atoms in total. The molecule has 140 valence electrons. The fourth-order valence-electron chi connectivity index (χ4n) is 2.79. The van der Waals surface area contributed by atoms with E-state index in [1.165, 1.54) is 27.4 Å².